The van der Waals surface area contributed by atoms with Crippen LogP contribution < -0.4 is 0 Å². The van der Waals surface area contributed by atoms with Crippen molar-refractivity contribution in [3.05, 3.63) is 0 Å². The van der Waals surface area contributed by atoms with Gasteiger partial charge in [-0.3, -0.25) is 4.90 Å². The monoisotopic (exact) mass is 211 g/mol. The van der Waals surface area contributed by atoms with E-state index in [2.05, 4.69) is 46.6 Å². The Balaban J connectivity index is 1.92. The van der Waals surface area contributed by atoms with E-state index in [4.69, 9.17) is 4.74 Å². The van der Waals surface area contributed by atoms with Gasteiger partial charge in [0.2, 0.25) is 0 Å². The molecule has 2 heteroatoms. The van der Waals surface area contributed by atoms with Crippen LogP contribution in [0, 0.1) is 5.41 Å². The molecule has 2 rings (SSSR count). The van der Waals surface area contributed by atoms with Crippen LogP contribution in [-0.4, -0.2) is 35.7 Å². The fraction of sp³-hybridized carbons (Fsp3) is 1.00. The van der Waals surface area contributed by atoms with Crippen molar-refractivity contribution < 1.29 is 4.74 Å². The number of fused-ring (bicyclic) bond motifs is 1. The summed E-state index contributed by atoms with van der Waals surface area (Å²) < 4.78 is 5.90. The second kappa shape index (κ2) is 2.98. The number of likely N-dealkylation sites (N-methyl/N-ethyl adjacent to an activating group) is 1. The van der Waals surface area contributed by atoms with E-state index in [9.17, 15) is 0 Å². The average Bonchev–Trinajstić information content (AvgIpc) is 2.55. The zero-order chi connectivity index (χ0) is 11.5. The predicted octanol–water partition coefficient (Wildman–Crippen LogP) is 2.67. The smallest absolute Gasteiger partial charge is 0.0629 e. The molecular formula is C13H25NO. The minimum atomic E-state index is -0.00453. The maximum Gasteiger partial charge on any atom is 0.0629 e. The molecule has 1 aliphatic carbocycles. The van der Waals surface area contributed by atoms with Gasteiger partial charge in [0.25, 0.3) is 0 Å². The van der Waals surface area contributed by atoms with Gasteiger partial charge in [0.1, 0.15) is 0 Å². The summed E-state index contributed by atoms with van der Waals surface area (Å²) in [7, 11) is 2.26. The predicted molar refractivity (Wildman–Crippen MR) is 63.0 cm³/mol. The van der Waals surface area contributed by atoms with Gasteiger partial charge in [-0.05, 0) is 53.0 Å². The van der Waals surface area contributed by atoms with E-state index >= 15 is 0 Å². The SMILES string of the molecule is CN1[C@H](COC(C)(C)C)C[C@@]2(C)C[C@@]12C. The summed E-state index contributed by atoms with van der Waals surface area (Å²) >= 11 is 0. The molecule has 0 unspecified atom stereocenters. The van der Waals surface area contributed by atoms with Crippen LogP contribution >= 0.6 is 0 Å². The topological polar surface area (TPSA) is 12.5 Å². The highest BCUT2D eigenvalue weighted by Crippen LogP contribution is 2.67. The van der Waals surface area contributed by atoms with E-state index in [1.807, 2.05) is 0 Å². The van der Waals surface area contributed by atoms with E-state index < -0.39 is 0 Å². The number of likely N-dealkylation sites (tertiary alicyclic amines) is 1. The van der Waals surface area contributed by atoms with Crippen molar-refractivity contribution in [1.29, 1.82) is 0 Å². The Bertz CT molecular complexity index is 270. The second-order valence-corrected chi connectivity index (χ2v) is 6.90. The standard InChI is InChI=1S/C13H25NO/c1-11(2,3)15-8-10-7-12(4)9-13(12,5)14(10)6/h10H,7-9H2,1-6H3/t10-,12-,13+/m0/s1. The molecule has 0 radical (unpaired) electrons. The van der Waals surface area contributed by atoms with Crippen LogP contribution in [0.5, 0.6) is 0 Å². The summed E-state index contributed by atoms with van der Waals surface area (Å²) in [5.74, 6) is 0. The molecule has 0 N–H and O–H groups in total. The summed E-state index contributed by atoms with van der Waals surface area (Å²) in [6, 6.07) is 0.618. The highest BCUT2D eigenvalue weighted by molar-refractivity contribution is 5.23. The summed E-state index contributed by atoms with van der Waals surface area (Å²) in [5.41, 5.74) is 1.02. The lowest BCUT2D eigenvalue weighted by molar-refractivity contribution is -0.0324. The molecule has 2 aliphatic rings. The molecule has 0 amide bonds. The van der Waals surface area contributed by atoms with Crippen molar-refractivity contribution >= 4 is 0 Å². The molecule has 1 aliphatic heterocycles. The zero-order valence-corrected chi connectivity index (χ0v) is 11.1. The lowest BCUT2D eigenvalue weighted by atomic mass is 10.0. The lowest BCUT2D eigenvalue weighted by Crippen LogP contribution is -2.40. The van der Waals surface area contributed by atoms with Crippen LogP contribution in [0.15, 0.2) is 0 Å². The molecular weight excluding hydrogens is 186 g/mol. The molecule has 3 atom stereocenters. The molecule has 88 valence electrons. The fourth-order valence-corrected chi connectivity index (χ4v) is 3.13. The van der Waals surface area contributed by atoms with Crippen molar-refractivity contribution in [3.63, 3.8) is 0 Å². The third kappa shape index (κ3) is 1.72. The number of piperidine rings is 1. The summed E-state index contributed by atoms with van der Waals surface area (Å²) in [5, 5.41) is 0. The number of nitrogens with zero attached hydrogens (tertiary/aromatic N) is 1. The quantitative estimate of drug-likeness (QED) is 0.696. The minimum Gasteiger partial charge on any atom is -0.374 e. The molecule has 0 aromatic carbocycles. The van der Waals surface area contributed by atoms with Crippen molar-refractivity contribution in [2.45, 2.75) is 64.6 Å². The van der Waals surface area contributed by atoms with Gasteiger partial charge in [-0.2, -0.15) is 0 Å². The highest BCUT2D eigenvalue weighted by Gasteiger charge is 2.69. The van der Waals surface area contributed by atoms with Gasteiger partial charge < -0.3 is 4.74 Å². The molecule has 2 fully saturated rings. The van der Waals surface area contributed by atoms with Crippen molar-refractivity contribution in [2.24, 2.45) is 5.41 Å². The first-order valence-electron chi connectivity index (χ1n) is 6.05. The number of hydrogen-bond donors (Lipinski definition) is 0. The van der Waals surface area contributed by atoms with Crippen molar-refractivity contribution in [3.8, 4) is 0 Å². The first-order chi connectivity index (χ1) is 6.68. The highest BCUT2D eigenvalue weighted by atomic mass is 16.5. The van der Waals surface area contributed by atoms with Crippen LogP contribution in [0.4, 0.5) is 0 Å². The van der Waals surface area contributed by atoms with Gasteiger partial charge in [-0.1, -0.05) is 6.92 Å². The average molecular weight is 211 g/mol. The summed E-state index contributed by atoms with van der Waals surface area (Å²) in [6.45, 7) is 12.1. The van der Waals surface area contributed by atoms with E-state index in [1.165, 1.54) is 12.8 Å². The van der Waals surface area contributed by atoms with Crippen LogP contribution in [0.1, 0.15) is 47.5 Å². The second-order valence-electron chi connectivity index (χ2n) is 6.90. The van der Waals surface area contributed by atoms with E-state index in [-0.39, 0.29) is 5.60 Å². The zero-order valence-electron chi connectivity index (χ0n) is 11.1. The maximum atomic E-state index is 5.90. The molecule has 0 aromatic heterocycles. The molecule has 2 nitrogen and oxygen atoms in total. The van der Waals surface area contributed by atoms with Gasteiger partial charge in [0.05, 0.1) is 12.2 Å². The Morgan fingerprint density at radius 3 is 2.33 bits per heavy atom. The van der Waals surface area contributed by atoms with Crippen molar-refractivity contribution in [1.82, 2.24) is 4.90 Å². The Hall–Kier alpha value is -0.0800. The lowest BCUT2D eigenvalue weighted by Gasteiger charge is -2.30. The molecule has 15 heavy (non-hydrogen) atoms. The van der Waals surface area contributed by atoms with Crippen LogP contribution in [-0.2, 0) is 4.74 Å². The normalized spacial score (nSPS) is 45.6. The minimum absolute atomic E-state index is 0.00453. The van der Waals surface area contributed by atoms with Gasteiger partial charge in [-0.15, -0.1) is 0 Å². The molecule has 1 saturated carbocycles. The van der Waals surface area contributed by atoms with Crippen LogP contribution in [0.25, 0.3) is 0 Å². The van der Waals surface area contributed by atoms with Gasteiger partial charge in [0.15, 0.2) is 0 Å². The first-order valence-corrected chi connectivity index (χ1v) is 6.05. The largest absolute Gasteiger partial charge is 0.374 e. The van der Waals surface area contributed by atoms with E-state index in [0.717, 1.165) is 6.61 Å². The first kappa shape index (κ1) is 11.4. The molecule has 1 heterocycles. The van der Waals surface area contributed by atoms with E-state index in [1.54, 1.807) is 0 Å². The summed E-state index contributed by atoms with van der Waals surface area (Å²) in [4.78, 5) is 2.54. The third-order valence-electron chi connectivity index (χ3n) is 4.63. The van der Waals surface area contributed by atoms with E-state index in [0.29, 0.717) is 17.0 Å². The third-order valence-corrected chi connectivity index (χ3v) is 4.63. The Kier molecular flexibility index (Phi) is 2.27. The summed E-state index contributed by atoms with van der Waals surface area (Å²) in [6.07, 6.45) is 2.67. The fourth-order valence-electron chi connectivity index (χ4n) is 3.13. The van der Waals surface area contributed by atoms with Gasteiger partial charge in [-0.25, -0.2) is 0 Å². The molecule has 1 saturated heterocycles. The van der Waals surface area contributed by atoms with Gasteiger partial charge >= 0.3 is 0 Å². The maximum absolute atomic E-state index is 5.90. The molecule has 0 aromatic rings. The number of ether oxygens (including phenoxy) is 1. The van der Waals surface area contributed by atoms with Crippen LogP contribution in [0.2, 0.25) is 0 Å². The number of hydrogen-bond acceptors (Lipinski definition) is 2. The van der Waals surface area contributed by atoms with Crippen LogP contribution in [0.3, 0.4) is 0 Å². The Labute approximate surface area is 94.0 Å². The Morgan fingerprint density at radius 2 is 1.93 bits per heavy atom. The number of rotatable bonds is 2. The van der Waals surface area contributed by atoms with Gasteiger partial charge in [0, 0.05) is 11.6 Å². The van der Waals surface area contributed by atoms with Crippen molar-refractivity contribution in [2.75, 3.05) is 13.7 Å². The molecule has 0 spiro atoms. The molecule has 0 bridgehead atoms. The Morgan fingerprint density at radius 1 is 1.33 bits per heavy atom.